The molecular weight excluding hydrogens is 222 g/mol. The van der Waals surface area contributed by atoms with Gasteiger partial charge in [0.25, 0.3) is 0 Å². The fourth-order valence-electron chi connectivity index (χ4n) is 3.18. The van der Waals surface area contributed by atoms with E-state index in [2.05, 4.69) is 35.2 Å². The zero-order valence-corrected chi connectivity index (χ0v) is 9.97. The molecule has 0 fully saturated rings. The van der Waals surface area contributed by atoms with E-state index in [-0.39, 0.29) is 11.8 Å². The lowest BCUT2D eigenvalue weighted by Crippen LogP contribution is -2.30. The number of Topliss-reactive ketones (excluding diaryl/α,β-unsaturated/α-hetero) is 1. The van der Waals surface area contributed by atoms with E-state index in [4.69, 9.17) is 0 Å². The minimum absolute atomic E-state index is 0.239. The molecule has 2 aromatic carbocycles. The first-order valence-corrected chi connectivity index (χ1v) is 6.31. The molecule has 0 aliphatic carbocycles. The number of fused-ring (bicyclic) bond motifs is 5. The highest BCUT2D eigenvalue weighted by molar-refractivity contribution is 6.04. The Morgan fingerprint density at radius 1 is 1.00 bits per heavy atom. The molecule has 18 heavy (non-hydrogen) atoms. The first-order valence-electron chi connectivity index (χ1n) is 6.31. The number of benzene rings is 2. The van der Waals surface area contributed by atoms with Crippen LogP contribution in [0.3, 0.4) is 0 Å². The predicted octanol–water partition coefficient (Wildman–Crippen LogP) is 3.33. The molecule has 0 spiro atoms. The van der Waals surface area contributed by atoms with Crippen LogP contribution >= 0.6 is 0 Å². The van der Waals surface area contributed by atoms with Crippen LogP contribution in [0.15, 0.2) is 48.5 Å². The van der Waals surface area contributed by atoms with E-state index >= 15 is 0 Å². The predicted molar refractivity (Wildman–Crippen MR) is 70.8 cm³/mol. The van der Waals surface area contributed by atoms with E-state index in [0.717, 1.165) is 17.8 Å². The molecule has 2 heteroatoms. The van der Waals surface area contributed by atoms with Crippen molar-refractivity contribution in [3.8, 4) is 0 Å². The average Bonchev–Trinajstić information content (AvgIpc) is 2.78. The van der Waals surface area contributed by atoms with Gasteiger partial charge in [-0.25, -0.2) is 0 Å². The Hall–Kier alpha value is -2.09. The SMILES string of the molecule is O=C1CC2c3ccccc3CN2c2ccccc21. The molecule has 0 bridgehead atoms. The van der Waals surface area contributed by atoms with Gasteiger partial charge in [-0.2, -0.15) is 0 Å². The van der Waals surface area contributed by atoms with Crippen LogP contribution in [0.25, 0.3) is 0 Å². The quantitative estimate of drug-likeness (QED) is 0.698. The molecule has 0 radical (unpaired) electrons. The van der Waals surface area contributed by atoms with Crippen LogP contribution in [0.5, 0.6) is 0 Å². The molecule has 1 unspecified atom stereocenters. The lowest BCUT2D eigenvalue weighted by atomic mass is 9.92. The van der Waals surface area contributed by atoms with Crippen molar-refractivity contribution in [2.45, 2.75) is 19.0 Å². The van der Waals surface area contributed by atoms with Crippen molar-refractivity contribution in [1.82, 2.24) is 0 Å². The number of carbonyl (C=O) groups excluding carboxylic acids is 1. The summed E-state index contributed by atoms with van der Waals surface area (Å²) in [5.74, 6) is 0.267. The number of carbonyl (C=O) groups is 1. The fourth-order valence-corrected chi connectivity index (χ4v) is 3.18. The maximum Gasteiger partial charge on any atom is 0.167 e. The Labute approximate surface area is 106 Å². The number of anilines is 1. The summed E-state index contributed by atoms with van der Waals surface area (Å²) in [6.45, 7) is 0.922. The number of hydrogen-bond donors (Lipinski definition) is 0. The number of rotatable bonds is 0. The van der Waals surface area contributed by atoms with Crippen LogP contribution in [-0.2, 0) is 6.54 Å². The largest absolute Gasteiger partial charge is 0.359 e. The zero-order valence-electron chi connectivity index (χ0n) is 9.97. The fraction of sp³-hybridized carbons (Fsp3) is 0.188. The molecule has 0 N–H and O–H groups in total. The minimum Gasteiger partial charge on any atom is -0.359 e. The van der Waals surface area contributed by atoms with E-state index in [1.807, 2.05) is 18.2 Å². The van der Waals surface area contributed by atoms with Crippen molar-refractivity contribution in [3.63, 3.8) is 0 Å². The van der Waals surface area contributed by atoms with Crippen LogP contribution in [0.4, 0.5) is 5.69 Å². The van der Waals surface area contributed by atoms with E-state index in [0.29, 0.717) is 6.42 Å². The van der Waals surface area contributed by atoms with Gasteiger partial charge in [0, 0.05) is 24.2 Å². The van der Waals surface area contributed by atoms with E-state index < -0.39 is 0 Å². The third-order valence-corrected chi connectivity index (χ3v) is 4.02. The molecule has 0 amide bonds. The van der Waals surface area contributed by atoms with Crippen LogP contribution in [0.1, 0.15) is 33.9 Å². The normalized spacial score (nSPS) is 20.3. The molecule has 0 saturated carbocycles. The zero-order chi connectivity index (χ0) is 12.1. The maximum absolute atomic E-state index is 12.2. The van der Waals surface area contributed by atoms with Gasteiger partial charge in [0.15, 0.2) is 5.78 Å². The Balaban J connectivity index is 1.90. The summed E-state index contributed by atoms with van der Waals surface area (Å²) in [5, 5.41) is 0. The molecular formula is C16H13NO. The molecule has 1 atom stereocenters. The first kappa shape index (κ1) is 9.89. The number of hydrogen-bond acceptors (Lipinski definition) is 2. The van der Waals surface area contributed by atoms with Crippen molar-refractivity contribution in [3.05, 3.63) is 65.2 Å². The van der Waals surface area contributed by atoms with Crippen LogP contribution in [0.2, 0.25) is 0 Å². The summed E-state index contributed by atoms with van der Waals surface area (Å²) < 4.78 is 0. The molecule has 2 heterocycles. The second-order valence-corrected chi connectivity index (χ2v) is 4.99. The van der Waals surface area contributed by atoms with Crippen LogP contribution < -0.4 is 4.90 Å². The molecule has 2 nitrogen and oxygen atoms in total. The Morgan fingerprint density at radius 3 is 2.72 bits per heavy atom. The molecule has 88 valence electrons. The number of ketones is 1. The number of nitrogens with zero attached hydrogens (tertiary/aromatic N) is 1. The molecule has 4 rings (SSSR count). The van der Waals surface area contributed by atoms with Crippen molar-refractivity contribution in [2.24, 2.45) is 0 Å². The smallest absolute Gasteiger partial charge is 0.167 e. The second kappa shape index (κ2) is 3.45. The van der Waals surface area contributed by atoms with E-state index in [1.54, 1.807) is 0 Å². The summed E-state index contributed by atoms with van der Waals surface area (Å²) >= 11 is 0. The lowest BCUT2D eigenvalue weighted by Gasteiger charge is -2.33. The van der Waals surface area contributed by atoms with E-state index in [9.17, 15) is 4.79 Å². The minimum atomic E-state index is 0.239. The highest BCUT2D eigenvalue weighted by Gasteiger charge is 2.37. The van der Waals surface area contributed by atoms with Gasteiger partial charge in [-0.15, -0.1) is 0 Å². The van der Waals surface area contributed by atoms with Gasteiger partial charge < -0.3 is 4.90 Å². The number of para-hydroxylation sites is 1. The summed E-state index contributed by atoms with van der Waals surface area (Å²) in [6, 6.07) is 16.7. The summed E-state index contributed by atoms with van der Waals surface area (Å²) in [6.07, 6.45) is 0.605. The van der Waals surface area contributed by atoms with Crippen LogP contribution in [0, 0.1) is 0 Å². The van der Waals surface area contributed by atoms with Gasteiger partial charge in [0.2, 0.25) is 0 Å². The van der Waals surface area contributed by atoms with Gasteiger partial charge >= 0.3 is 0 Å². The first-order chi connectivity index (χ1) is 8.84. The Kier molecular flexibility index (Phi) is 1.90. The van der Waals surface area contributed by atoms with Crippen molar-refractivity contribution < 1.29 is 4.79 Å². The Bertz CT molecular complexity index is 647. The second-order valence-electron chi connectivity index (χ2n) is 4.99. The van der Waals surface area contributed by atoms with Gasteiger partial charge in [0.05, 0.1) is 6.04 Å². The molecule has 2 aliphatic rings. The third-order valence-electron chi connectivity index (χ3n) is 4.02. The average molecular weight is 235 g/mol. The molecule has 0 saturated heterocycles. The highest BCUT2D eigenvalue weighted by Crippen LogP contribution is 2.44. The third kappa shape index (κ3) is 1.20. The van der Waals surface area contributed by atoms with Crippen LogP contribution in [-0.4, -0.2) is 5.78 Å². The van der Waals surface area contributed by atoms with Crippen molar-refractivity contribution in [1.29, 1.82) is 0 Å². The van der Waals surface area contributed by atoms with Crippen molar-refractivity contribution in [2.75, 3.05) is 4.90 Å². The summed E-state index contributed by atoms with van der Waals surface area (Å²) in [7, 11) is 0. The van der Waals surface area contributed by atoms with Crippen molar-refractivity contribution >= 4 is 11.5 Å². The van der Waals surface area contributed by atoms with Gasteiger partial charge in [0.1, 0.15) is 0 Å². The Morgan fingerprint density at radius 2 is 1.78 bits per heavy atom. The molecule has 2 aliphatic heterocycles. The summed E-state index contributed by atoms with van der Waals surface area (Å²) in [5.41, 5.74) is 4.64. The standard InChI is InChI=1S/C16H13NO/c18-16-9-15-12-6-2-1-5-11(12)10-17(15)14-8-4-3-7-13(14)16/h1-8,15H,9-10H2. The maximum atomic E-state index is 12.2. The topological polar surface area (TPSA) is 20.3 Å². The van der Waals surface area contributed by atoms with Gasteiger partial charge in [-0.1, -0.05) is 36.4 Å². The summed E-state index contributed by atoms with van der Waals surface area (Å²) in [4.78, 5) is 14.6. The molecule has 0 aromatic heterocycles. The highest BCUT2D eigenvalue weighted by atomic mass is 16.1. The van der Waals surface area contributed by atoms with E-state index in [1.165, 1.54) is 11.1 Å². The molecule has 2 aromatic rings. The lowest BCUT2D eigenvalue weighted by molar-refractivity contribution is 0.0967. The monoisotopic (exact) mass is 235 g/mol. The van der Waals surface area contributed by atoms with Gasteiger partial charge in [-0.05, 0) is 23.3 Å². The van der Waals surface area contributed by atoms with Gasteiger partial charge in [-0.3, -0.25) is 4.79 Å².